The molecule has 3 aromatic rings. The lowest BCUT2D eigenvalue weighted by Crippen LogP contribution is -2.21. The molecule has 2 N–H and O–H groups in total. The van der Waals surface area contributed by atoms with Crippen LogP contribution in [0.5, 0.6) is 11.5 Å². The van der Waals surface area contributed by atoms with E-state index < -0.39 is 23.4 Å². The van der Waals surface area contributed by atoms with Crippen LogP contribution in [0.1, 0.15) is 30.4 Å². The maximum absolute atomic E-state index is 12.2. The minimum atomic E-state index is -0.629. The van der Waals surface area contributed by atoms with Crippen LogP contribution in [0.2, 0.25) is 0 Å². The number of rotatable bonds is 11. The van der Waals surface area contributed by atoms with Crippen molar-refractivity contribution in [3.63, 3.8) is 0 Å². The minimum Gasteiger partial charge on any atom is -0.457 e. The van der Waals surface area contributed by atoms with Gasteiger partial charge in [-0.25, -0.2) is 0 Å². The van der Waals surface area contributed by atoms with Gasteiger partial charge in [0.15, 0.2) is 6.61 Å². The molecule has 192 valence electrons. The molecule has 10 heteroatoms. The van der Waals surface area contributed by atoms with Crippen molar-refractivity contribution < 1.29 is 28.8 Å². The number of anilines is 2. The number of nitro benzene ring substituents is 1. The monoisotopic (exact) mass is 505 g/mol. The van der Waals surface area contributed by atoms with Crippen molar-refractivity contribution in [3.05, 3.63) is 88.0 Å². The smallest absolute Gasteiger partial charge is 0.306 e. The molecule has 0 saturated carbocycles. The van der Waals surface area contributed by atoms with Crippen molar-refractivity contribution in [3.8, 4) is 11.5 Å². The Kier molecular flexibility index (Phi) is 9.31. The predicted octanol–water partition coefficient (Wildman–Crippen LogP) is 5.29. The second kappa shape index (κ2) is 12.8. The van der Waals surface area contributed by atoms with Gasteiger partial charge in [-0.2, -0.15) is 0 Å². The number of ether oxygens (including phenoxy) is 2. The lowest BCUT2D eigenvalue weighted by molar-refractivity contribution is -0.385. The highest BCUT2D eigenvalue weighted by atomic mass is 16.6. The quantitative estimate of drug-likeness (QED) is 0.205. The normalized spacial score (nSPS) is 10.3. The van der Waals surface area contributed by atoms with Crippen LogP contribution >= 0.6 is 0 Å². The number of amides is 2. The van der Waals surface area contributed by atoms with Crippen LogP contribution in [-0.2, 0) is 19.1 Å². The van der Waals surface area contributed by atoms with Gasteiger partial charge in [0, 0.05) is 35.8 Å². The number of benzene rings is 3. The van der Waals surface area contributed by atoms with Gasteiger partial charge >= 0.3 is 5.97 Å². The van der Waals surface area contributed by atoms with E-state index in [-0.39, 0.29) is 36.5 Å². The van der Waals surface area contributed by atoms with E-state index in [0.29, 0.717) is 22.7 Å². The van der Waals surface area contributed by atoms with Crippen LogP contribution in [0.3, 0.4) is 0 Å². The molecule has 0 saturated heterocycles. The Bertz CT molecular complexity index is 1270. The Morgan fingerprint density at radius 2 is 1.41 bits per heavy atom. The molecule has 0 aliphatic carbocycles. The summed E-state index contributed by atoms with van der Waals surface area (Å²) in [6.45, 7) is 3.04. The summed E-state index contributed by atoms with van der Waals surface area (Å²) in [5, 5.41) is 16.2. The standard InChI is InChI=1S/C27H27N3O7/c1-18-6-12-22(13-7-18)37-23-14-10-20(11-15-23)28-25(31)4-3-5-27(33)36-17-26(32)29-21-9-8-19(2)24(16-21)30(34)35/h6-16H,3-5,17H2,1-2H3,(H,28,31)(H,29,32). The van der Waals surface area contributed by atoms with E-state index in [1.165, 1.54) is 18.2 Å². The summed E-state index contributed by atoms with van der Waals surface area (Å²) in [6.07, 6.45) is 0.293. The lowest BCUT2D eigenvalue weighted by Gasteiger charge is -2.09. The Balaban J connectivity index is 1.34. The molecule has 0 spiro atoms. The van der Waals surface area contributed by atoms with Crippen LogP contribution in [0.25, 0.3) is 0 Å². The van der Waals surface area contributed by atoms with Gasteiger partial charge in [0.05, 0.1) is 4.92 Å². The van der Waals surface area contributed by atoms with Crippen LogP contribution < -0.4 is 15.4 Å². The molecule has 0 aliphatic heterocycles. The molecule has 0 bridgehead atoms. The molecule has 0 aromatic heterocycles. The highest BCUT2D eigenvalue weighted by molar-refractivity contribution is 5.93. The lowest BCUT2D eigenvalue weighted by atomic mass is 10.2. The van der Waals surface area contributed by atoms with E-state index in [2.05, 4.69) is 10.6 Å². The number of aryl methyl sites for hydroxylation is 2. The minimum absolute atomic E-state index is 0.0416. The Labute approximate surface area is 213 Å². The topological polar surface area (TPSA) is 137 Å². The van der Waals surface area contributed by atoms with Crippen molar-refractivity contribution in [1.82, 2.24) is 0 Å². The summed E-state index contributed by atoms with van der Waals surface area (Å²) in [5.41, 5.74) is 2.29. The molecule has 3 rings (SSSR count). The molecule has 0 atom stereocenters. The molecule has 0 heterocycles. The summed E-state index contributed by atoms with van der Waals surface area (Å²) < 4.78 is 10.7. The average Bonchev–Trinajstić information content (AvgIpc) is 2.86. The maximum atomic E-state index is 12.2. The van der Waals surface area contributed by atoms with Gasteiger partial charge in [-0.1, -0.05) is 23.8 Å². The van der Waals surface area contributed by atoms with Gasteiger partial charge in [-0.15, -0.1) is 0 Å². The maximum Gasteiger partial charge on any atom is 0.306 e. The van der Waals surface area contributed by atoms with E-state index >= 15 is 0 Å². The average molecular weight is 506 g/mol. The van der Waals surface area contributed by atoms with Crippen molar-refractivity contribution in [2.75, 3.05) is 17.2 Å². The number of carbonyl (C=O) groups is 3. The highest BCUT2D eigenvalue weighted by Gasteiger charge is 2.14. The zero-order chi connectivity index (χ0) is 26.8. The first-order chi connectivity index (χ1) is 17.7. The van der Waals surface area contributed by atoms with Crippen LogP contribution in [-0.4, -0.2) is 29.3 Å². The molecule has 0 aliphatic rings. The van der Waals surface area contributed by atoms with Crippen LogP contribution in [0.4, 0.5) is 17.1 Å². The van der Waals surface area contributed by atoms with Gasteiger partial charge in [0.25, 0.3) is 11.6 Å². The highest BCUT2D eigenvalue weighted by Crippen LogP contribution is 2.24. The van der Waals surface area contributed by atoms with Crippen molar-refractivity contribution in [2.24, 2.45) is 0 Å². The molecular formula is C27H27N3O7. The van der Waals surface area contributed by atoms with Gasteiger partial charge in [0.1, 0.15) is 11.5 Å². The first-order valence-corrected chi connectivity index (χ1v) is 11.5. The molecular weight excluding hydrogens is 478 g/mol. The van der Waals surface area contributed by atoms with Crippen molar-refractivity contribution in [1.29, 1.82) is 0 Å². The van der Waals surface area contributed by atoms with Crippen molar-refractivity contribution >= 4 is 34.8 Å². The third-order valence-electron chi connectivity index (χ3n) is 5.23. The molecule has 10 nitrogen and oxygen atoms in total. The van der Waals surface area contributed by atoms with Gasteiger partial charge in [0.2, 0.25) is 5.91 Å². The largest absolute Gasteiger partial charge is 0.457 e. The van der Waals surface area contributed by atoms with Crippen LogP contribution in [0, 0.1) is 24.0 Å². The predicted molar refractivity (Wildman–Crippen MR) is 138 cm³/mol. The fraction of sp³-hybridized carbons (Fsp3) is 0.222. The summed E-state index contributed by atoms with van der Waals surface area (Å²) >= 11 is 0. The van der Waals surface area contributed by atoms with Crippen LogP contribution in [0.15, 0.2) is 66.7 Å². The van der Waals surface area contributed by atoms with E-state index in [4.69, 9.17) is 9.47 Å². The van der Waals surface area contributed by atoms with Gasteiger partial charge < -0.3 is 20.1 Å². The Hall–Kier alpha value is -4.73. The fourth-order valence-electron chi connectivity index (χ4n) is 3.26. The number of nitrogens with one attached hydrogen (secondary N) is 2. The van der Waals surface area contributed by atoms with Gasteiger partial charge in [-0.3, -0.25) is 24.5 Å². The molecule has 0 fully saturated rings. The second-order valence-corrected chi connectivity index (χ2v) is 8.31. The number of hydrogen-bond donors (Lipinski definition) is 2. The van der Waals surface area contributed by atoms with Gasteiger partial charge in [-0.05, 0) is 62.7 Å². The number of esters is 1. The summed E-state index contributed by atoms with van der Waals surface area (Å²) in [5.74, 6) is -0.173. The summed E-state index contributed by atoms with van der Waals surface area (Å²) in [7, 11) is 0. The van der Waals surface area contributed by atoms with E-state index in [1.54, 1.807) is 31.2 Å². The molecule has 0 radical (unpaired) electrons. The SMILES string of the molecule is Cc1ccc(Oc2ccc(NC(=O)CCCC(=O)OCC(=O)Nc3ccc(C)c([N+](=O)[O-])c3)cc2)cc1. The first-order valence-electron chi connectivity index (χ1n) is 11.5. The number of nitro groups is 1. The molecule has 2 amide bonds. The number of hydrogen-bond acceptors (Lipinski definition) is 7. The molecule has 37 heavy (non-hydrogen) atoms. The van der Waals surface area contributed by atoms with E-state index in [1.807, 2.05) is 31.2 Å². The first kappa shape index (κ1) is 26.9. The zero-order valence-corrected chi connectivity index (χ0v) is 20.5. The Morgan fingerprint density at radius 1 is 0.811 bits per heavy atom. The Morgan fingerprint density at radius 3 is 2.05 bits per heavy atom. The summed E-state index contributed by atoms with van der Waals surface area (Å²) in [6, 6.07) is 18.8. The zero-order valence-electron chi connectivity index (χ0n) is 20.5. The van der Waals surface area contributed by atoms with Crippen molar-refractivity contribution in [2.45, 2.75) is 33.1 Å². The number of nitrogens with zero attached hydrogens (tertiary/aromatic N) is 1. The fourth-order valence-corrected chi connectivity index (χ4v) is 3.26. The molecule has 3 aromatic carbocycles. The number of carbonyl (C=O) groups excluding carboxylic acids is 3. The third kappa shape index (κ3) is 8.77. The van der Waals surface area contributed by atoms with E-state index in [0.717, 1.165) is 5.56 Å². The second-order valence-electron chi connectivity index (χ2n) is 8.31. The van der Waals surface area contributed by atoms with E-state index in [9.17, 15) is 24.5 Å². The summed E-state index contributed by atoms with van der Waals surface area (Å²) in [4.78, 5) is 46.5. The molecule has 0 unspecified atom stereocenters. The third-order valence-corrected chi connectivity index (χ3v) is 5.23.